The van der Waals surface area contributed by atoms with E-state index < -0.39 is 9.84 Å². The summed E-state index contributed by atoms with van der Waals surface area (Å²) in [6.07, 6.45) is 8.16. The summed E-state index contributed by atoms with van der Waals surface area (Å²) in [5.74, 6) is 2.01. The third kappa shape index (κ3) is 4.16. The van der Waals surface area contributed by atoms with Crippen LogP contribution in [0.3, 0.4) is 0 Å². The Labute approximate surface area is 182 Å². The van der Waals surface area contributed by atoms with E-state index >= 15 is 0 Å². The predicted molar refractivity (Wildman–Crippen MR) is 120 cm³/mol. The van der Waals surface area contributed by atoms with E-state index in [-0.39, 0.29) is 12.2 Å². The maximum Gasteiger partial charge on any atom is 0.221 e. The molecule has 3 aliphatic rings. The summed E-state index contributed by atoms with van der Waals surface area (Å²) in [5.41, 5.74) is 0.958. The highest BCUT2D eigenvalue weighted by molar-refractivity contribution is 7.90. The number of hydrogen-bond donors (Lipinski definition) is 0. The fraction of sp³-hybridized carbons (Fsp3) is 0.708. The largest absolute Gasteiger partial charge is 0.371 e. The summed E-state index contributed by atoms with van der Waals surface area (Å²) in [6.45, 7) is 0. The summed E-state index contributed by atoms with van der Waals surface area (Å²) < 4.78 is 32.1. The minimum absolute atomic E-state index is 0.177. The Morgan fingerprint density at radius 1 is 0.867 bits per heavy atom. The van der Waals surface area contributed by atoms with Crippen LogP contribution < -0.4 is 0 Å². The number of ether oxygens (including phenoxy) is 1. The van der Waals surface area contributed by atoms with Crippen molar-refractivity contribution in [1.29, 1.82) is 0 Å². The van der Waals surface area contributed by atoms with E-state index in [0.29, 0.717) is 28.8 Å². The van der Waals surface area contributed by atoms with Gasteiger partial charge in [0, 0.05) is 30.1 Å². The number of rotatable bonds is 4. The van der Waals surface area contributed by atoms with Gasteiger partial charge in [-0.25, -0.2) is 8.42 Å². The zero-order valence-corrected chi connectivity index (χ0v) is 19.9. The van der Waals surface area contributed by atoms with Crippen molar-refractivity contribution in [3.8, 4) is 0 Å². The van der Waals surface area contributed by atoms with Gasteiger partial charge in [-0.2, -0.15) is 0 Å². The molecule has 0 bridgehead atoms. The molecule has 0 spiro atoms. The quantitative estimate of drug-likeness (QED) is 0.683. The van der Waals surface area contributed by atoms with Crippen molar-refractivity contribution in [2.45, 2.75) is 67.7 Å². The van der Waals surface area contributed by atoms with Crippen LogP contribution in [0.4, 0.5) is 0 Å². The Morgan fingerprint density at radius 2 is 1.37 bits per heavy atom. The number of sulfone groups is 1. The van der Waals surface area contributed by atoms with Crippen molar-refractivity contribution in [2.24, 2.45) is 11.8 Å². The average molecular weight is 434 g/mol. The normalized spacial score (nSPS) is 34.7. The minimum Gasteiger partial charge on any atom is -0.371 e. The molecule has 6 heteroatoms. The van der Waals surface area contributed by atoms with Crippen LogP contribution in [-0.4, -0.2) is 77.0 Å². The molecule has 1 aliphatic heterocycles. The lowest BCUT2D eigenvalue weighted by Crippen LogP contribution is -2.55. The van der Waals surface area contributed by atoms with Crippen LogP contribution in [-0.2, 0) is 14.6 Å². The van der Waals surface area contributed by atoms with Crippen LogP contribution in [0.5, 0.6) is 0 Å². The number of fused-ring (bicyclic) bond motifs is 2. The first-order valence-corrected chi connectivity index (χ1v) is 13.2. The molecule has 1 heterocycles. The van der Waals surface area contributed by atoms with Gasteiger partial charge in [0.15, 0.2) is 10.5 Å². The highest BCUT2D eigenvalue weighted by Gasteiger charge is 2.55. The van der Waals surface area contributed by atoms with Crippen LogP contribution in [0.1, 0.15) is 44.1 Å². The van der Waals surface area contributed by atoms with E-state index in [2.05, 4.69) is 38.0 Å². The number of nitrogens with zero attached hydrogens (tertiary/aromatic N) is 2. The molecule has 30 heavy (non-hydrogen) atoms. The number of benzene rings is 1. The lowest BCUT2D eigenvalue weighted by Gasteiger charge is -2.51. The van der Waals surface area contributed by atoms with Crippen LogP contribution in [0.25, 0.3) is 0 Å². The summed E-state index contributed by atoms with van der Waals surface area (Å²) in [4.78, 5) is 5.13. The van der Waals surface area contributed by atoms with Crippen molar-refractivity contribution in [1.82, 2.24) is 9.80 Å². The molecule has 2 saturated carbocycles. The molecular formula is C24H37N2O3S+. The lowest BCUT2D eigenvalue weighted by atomic mass is 9.61. The van der Waals surface area contributed by atoms with Crippen LogP contribution >= 0.6 is 0 Å². The highest BCUT2D eigenvalue weighted by Crippen LogP contribution is 2.52. The summed E-state index contributed by atoms with van der Waals surface area (Å²) in [6, 6.07) is 8.73. The standard InChI is InChI=1S/C24H37N2O3S/c1-25(2)16-10-12-18-21(14-16)29-22-15-17(26(3)4)11-13-19(22)24(18)20-8-6-7-9-23(20)30(5,27)28/h6-9,16-19,21-22H,10-15H2,1-5H3/q+1. The van der Waals surface area contributed by atoms with Crippen molar-refractivity contribution in [3.63, 3.8) is 0 Å². The van der Waals surface area contributed by atoms with Gasteiger partial charge in [-0.05, 0) is 78.8 Å². The van der Waals surface area contributed by atoms with E-state index in [1.165, 1.54) is 12.2 Å². The molecule has 0 radical (unpaired) electrons. The van der Waals surface area contributed by atoms with Gasteiger partial charge >= 0.3 is 0 Å². The van der Waals surface area contributed by atoms with Gasteiger partial charge in [0.2, 0.25) is 9.84 Å². The van der Waals surface area contributed by atoms with Gasteiger partial charge in [0.1, 0.15) is 0 Å². The van der Waals surface area contributed by atoms with Crippen LogP contribution in [0.15, 0.2) is 29.2 Å². The molecule has 0 amide bonds. The molecule has 1 aromatic carbocycles. The molecular weight excluding hydrogens is 396 g/mol. The molecule has 6 atom stereocenters. The van der Waals surface area contributed by atoms with Gasteiger partial charge in [-0.1, -0.05) is 0 Å². The molecule has 166 valence electrons. The van der Waals surface area contributed by atoms with Crippen molar-refractivity contribution >= 4 is 9.84 Å². The molecule has 0 N–H and O–H groups in total. The zero-order chi connectivity index (χ0) is 21.6. The Kier molecular flexibility index (Phi) is 6.24. The first-order chi connectivity index (χ1) is 14.2. The monoisotopic (exact) mass is 433 g/mol. The Morgan fingerprint density at radius 3 is 1.83 bits per heavy atom. The fourth-order valence-electron chi connectivity index (χ4n) is 6.09. The average Bonchev–Trinajstić information content (AvgIpc) is 2.70. The maximum atomic E-state index is 12.6. The lowest BCUT2D eigenvalue weighted by molar-refractivity contribution is -0.141. The van der Waals surface area contributed by atoms with Crippen LogP contribution in [0.2, 0.25) is 0 Å². The van der Waals surface area contributed by atoms with E-state index in [0.717, 1.165) is 44.1 Å². The van der Waals surface area contributed by atoms with Crippen LogP contribution in [0, 0.1) is 17.8 Å². The van der Waals surface area contributed by atoms with E-state index in [9.17, 15) is 8.42 Å². The maximum absolute atomic E-state index is 12.6. The third-order valence-electron chi connectivity index (χ3n) is 7.73. The second kappa shape index (κ2) is 8.45. The fourth-order valence-corrected chi connectivity index (χ4v) is 7.01. The van der Waals surface area contributed by atoms with E-state index in [1.807, 2.05) is 18.2 Å². The minimum atomic E-state index is -3.28. The van der Waals surface area contributed by atoms with E-state index in [4.69, 9.17) is 4.74 Å². The Bertz CT molecular complexity index is 822. The summed E-state index contributed by atoms with van der Waals surface area (Å²) in [7, 11) is 5.34. The van der Waals surface area contributed by atoms with Crippen molar-refractivity contribution in [3.05, 3.63) is 35.7 Å². The van der Waals surface area contributed by atoms with E-state index in [1.54, 1.807) is 6.07 Å². The second-order valence-corrected chi connectivity index (χ2v) is 12.0. The number of hydrogen-bond acceptors (Lipinski definition) is 5. The summed E-state index contributed by atoms with van der Waals surface area (Å²) >= 11 is 0. The Balaban J connectivity index is 1.74. The SMILES string of the molecule is CN(C)C1CCC2[C+](c3ccccc3S(C)(=O)=O)C3CCC(N(C)C)CC3OC2C1. The predicted octanol–water partition coefficient (Wildman–Crippen LogP) is 3.24. The first kappa shape index (κ1) is 22.1. The van der Waals surface area contributed by atoms with Crippen molar-refractivity contribution < 1.29 is 13.2 Å². The molecule has 3 fully saturated rings. The topological polar surface area (TPSA) is 49.9 Å². The second-order valence-electron chi connectivity index (χ2n) is 10.0. The summed E-state index contributed by atoms with van der Waals surface area (Å²) in [5, 5.41) is 0. The van der Waals surface area contributed by atoms with Gasteiger partial charge < -0.3 is 14.5 Å². The molecule has 1 saturated heterocycles. The van der Waals surface area contributed by atoms with Gasteiger partial charge in [0.25, 0.3) is 0 Å². The molecule has 6 unspecified atom stereocenters. The Hall–Kier alpha value is -1.08. The molecule has 2 aliphatic carbocycles. The van der Waals surface area contributed by atoms with Gasteiger partial charge in [-0.15, -0.1) is 0 Å². The first-order valence-electron chi connectivity index (χ1n) is 11.3. The third-order valence-corrected chi connectivity index (χ3v) is 8.89. The molecule has 4 rings (SSSR count). The molecule has 0 aromatic heterocycles. The molecule has 1 aromatic rings. The van der Waals surface area contributed by atoms with Crippen molar-refractivity contribution in [2.75, 3.05) is 34.4 Å². The molecule has 5 nitrogen and oxygen atoms in total. The van der Waals surface area contributed by atoms with Gasteiger partial charge in [-0.3, -0.25) is 0 Å². The zero-order valence-electron chi connectivity index (χ0n) is 19.0. The smallest absolute Gasteiger partial charge is 0.221 e. The highest BCUT2D eigenvalue weighted by atomic mass is 32.2. The van der Waals surface area contributed by atoms with Gasteiger partial charge in [0.05, 0.1) is 30.3 Å².